The lowest BCUT2D eigenvalue weighted by Gasteiger charge is -2.16. The minimum absolute atomic E-state index is 0.398. The molecule has 2 rings (SSSR count). The molecule has 1 aliphatic rings. The molecule has 70 valence electrons. The van der Waals surface area contributed by atoms with Crippen molar-refractivity contribution in [3.8, 4) is 0 Å². The van der Waals surface area contributed by atoms with Crippen molar-refractivity contribution in [2.45, 2.75) is 25.4 Å². The van der Waals surface area contributed by atoms with Gasteiger partial charge in [-0.2, -0.15) is 0 Å². The number of hydrogen-bond acceptors (Lipinski definition) is 1. The van der Waals surface area contributed by atoms with Crippen LogP contribution in [0.3, 0.4) is 0 Å². The lowest BCUT2D eigenvalue weighted by molar-refractivity contribution is 0.579. The first kappa shape index (κ1) is 9.02. The molecule has 0 bridgehead atoms. The molecule has 2 heteroatoms. The van der Waals surface area contributed by atoms with Crippen LogP contribution in [-0.4, -0.2) is 11.8 Å². The van der Waals surface area contributed by atoms with Gasteiger partial charge in [-0.15, -0.1) is 0 Å². The SMILES string of the molecule is CC1CCCP1(=O)c1ccccc1. The van der Waals surface area contributed by atoms with E-state index in [1.165, 1.54) is 0 Å². The van der Waals surface area contributed by atoms with E-state index in [2.05, 4.69) is 6.92 Å². The smallest absolute Gasteiger partial charge is 0.118 e. The highest BCUT2D eigenvalue weighted by Gasteiger charge is 2.35. The van der Waals surface area contributed by atoms with Crippen LogP contribution in [0.1, 0.15) is 19.8 Å². The fraction of sp³-hybridized carbons (Fsp3) is 0.455. The number of benzene rings is 1. The van der Waals surface area contributed by atoms with Crippen LogP contribution in [-0.2, 0) is 4.57 Å². The van der Waals surface area contributed by atoms with Gasteiger partial charge in [-0.1, -0.05) is 37.3 Å². The molecule has 1 saturated heterocycles. The van der Waals surface area contributed by atoms with Crippen LogP contribution in [0.2, 0.25) is 0 Å². The molecule has 2 unspecified atom stereocenters. The van der Waals surface area contributed by atoms with E-state index in [4.69, 9.17) is 0 Å². The Morgan fingerprint density at radius 3 is 2.54 bits per heavy atom. The van der Waals surface area contributed by atoms with Crippen molar-refractivity contribution in [3.05, 3.63) is 30.3 Å². The van der Waals surface area contributed by atoms with Crippen molar-refractivity contribution in [2.24, 2.45) is 0 Å². The van der Waals surface area contributed by atoms with Gasteiger partial charge < -0.3 is 4.57 Å². The molecule has 1 nitrogen and oxygen atoms in total. The number of rotatable bonds is 1. The summed E-state index contributed by atoms with van der Waals surface area (Å²) in [6.45, 7) is 2.13. The maximum Gasteiger partial charge on any atom is 0.118 e. The molecule has 1 heterocycles. The highest BCUT2D eigenvalue weighted by Crippen LogP contribution is 2.56. The van der Waals surface area contributed by atoms with E-state index in [0.29, 0.717) is 5.66 Å². The van der Waals surface area contributed by atoms with Crippen LogP contribution in [0.4, 0.5) is 0 Å². The molecule has 1 aromatic rings. The van der Waals surface area contributed by atoms with Gasteiger partial charge in [-0.05, 0) is 12.8 Å². The zero-order chi connectivity index (χ0) is 9.31. The number of hydrogen-bond donors (Lipinski definition) is 0. The molecule has 0 N–H and O–H groups in total. The van der Waals surface area contributed by atoms with Crippen LogP contribution < -0.4 is 5.30 Å². The topological polar surface area (TPSA) is 17.1 Å². The minimum Gasteiger partial charge on any atom is -0.318 e. The zero-order valence-electron chi connectivity index (χ0n) is 7.94. The van der Waals surface area contributed by atoms with E-state index in [0.717, 1.165) is 24.3 Å². The van der Waals surface area contributed by atoms with Crippen molar-refractivity contribution >= 4 is 12.4 Å². The predicted octanol–water partition coefficient (Wildman–Crippen LogP) is 2.86. The molecule has 1 fully saturated rings. The van der Waals surface area contributed by atoms with Crippen LogP contribution in [0.5, 0.6) is 0 Å². The summed E-state index contributed by atoms with van der Waals surface area (Å²) in [5.74, 6) is 0. The molecular formula is C11H15OP. The molecule has 0 spiro atoms. The minimum atomic E-state index is -2.01. The molecule has 0 radical (unpaired) electrons. The Kier molecular flexibility index (Phi) is 2.29. The fourth-order valence-electron chi connectivity index (χ4n) is 2.11. The van der Waals surface area contributed by atoms with Gasteiger partial charge in [-0.3, -0.25) is 0 Å². The van der Waals surface area contributed by atoms with Gasteiger partial charge in [0.15, 0.2) is 0 Å². The van der Waals surface area contributed by atoms with E-state index in [9.17, 15) is 4.57 Å². The van der Waals surface area contributed by atoms with E-state index < -0.39 is 7.14 Å². The van der Waals surface area contributed by atoms with Gasteiger partial charge in [0.25, 0.3) is 0 Å². The Bertz CT molecular complexity index is 331. The van der Waals surface area contributed by atoms with Crippen LogP contribution in [0.15, 0.2) is 30.3 Å². The van der Waals surface area contributed by atoms with Crippen LogP contribution in [0.25, 0.3) is 0 Å². The van der Waals surface area contributed by atoms with Crippen LogP contribution >= 0.6 is 7.14 Å². The van der Waals surface area contributed by atoms with Crippen molar-refractivity contribution in [3.63, 3.8) is 0 Å². The standard InChI is InChI=1S/C11H15OP/c1-10-6-5-9-13(10,12)11-7-3-2-4-8-11/h2-4,7-8,10H,5-6,9H2,1H3. The van der Waals surface area contributed by atoms with Crippen molar-refractivity contribution < 1.29 is 4.57 Å². The Hall–Kier alpha value is -0.550. The highest BCUT2D eigenvalue weighted by atomic mass is 31.2. The third-order valence-electron chi connectivity index (χ3n) is 3.02. The Balaban J connectivity index is 2.40. The maximum atomic E-state index is 12.5. The molecule has 0 amide bonds. The van der Waals surface area contributed by atoms with Gasteiger partial charge in [0.1, 0.15) is 7.14 Å². The normalized spacial score (nSPS) is 33.5. The summed E-state index contributed by atoms with van der Waals surface area (Å²) in [7, 11) is -2.01. The second-order valence-electron chi connectivity index (χ2n) is 3.85. The Labute approximate surface area is 79.5 Å². The first-order valence-corrected chi connectivity index (χ1v) is 6.84. The molecule has 1 aromatic carbocycles. The largest absolute Gasteiger partial charge is 0.318 e. The first-order chi connectivity index (χ1) is 6.23. The predicted molar refractivity (Wildman–Crippen MR) is 57.2 cm³/mol. The Morgan fingerprint density at radius 1 is 1.31 bits per heavy atom. The summed E-state index contributed by atoms with van der Waals surface area (Å²) in [4.78, 5) is 0. The molecule has 0 aliphatic carbocycles. The van der Waals surface area contributed by atoms with E-state index in [-0.39, 0.29) is 0 Å². The quantitative estimate of drug-likeness (QED) is 0.628. The summed E-state index contributed by atoms with van der Waals surface area (Å²) < 4.78 is 12.5. The van der Waals surface area contributed by atoms with Crippen molar-refractivity contribution in [1.29, 1.82) is 0 Å². The molecule has 13 heavy (non-hydrogen) atoms. The molecule has 0 saturated carbocycles. The van der Waals surface area contributed by atoms with Gasteiger partial charge in [0, 0.05) is 17.1 Å². The van der Waals surface area contributed by atoms with Gasteiger partial charge in [0.2, 0.25) is 0 Å². The summed E-state index contributed by atoms with van der Waals surface area (Å²) in [5.41, 5.74) is 0.398. The lowest BCUT2D eigenvalue weighted by atomic mass is 10.3. The fourth-order valence-corrected chi connectivity index (χ4v) is 5.25. The van der Waals surface area contributed by atoms with Crippen LogP contribution in [0, 0.1) is 0 Å². The summed E-state index contributed by atoms with van der Waals surface area (Å²) in [6, 6.07) is 9.99. The monoisotopic (exact) mass is 194 g/mol. The van der Waals surface area contributed by atoms with Gasteiger partial charge in [0.05, 0.1) is 0 Å². The van der Waals surface area contributed by atoms with Gasteiger partial charge >= 0.3 is 0 Å². The third-order valence-corrected chi connectivity index (χ3v) is 6.85. The van der Waals surface area contributed by atoms with E-state index >= 15 is 0 Å². The average Bonchev–Trinajstić information content (AvgIpc) is 2.50. The third kappa shape index (κ3) is 1.46. The first-order valence-electron chi connectivity index (χ1n) is 4.88. The molecular weight excluding hydrogens is 179 g/mol. The average molecular weight is 194 g/mol. The summed E-state index contributed by atoms with van der Waals surface area (Å²) >= 11 is 0. The van der Waals surface area contributed by atoms with E-state index in [1.54, 1.807) is 0 Å². The Morgan fingerprint density at radius 2 is 2.00 bits per heavy atom. The lowest BCUT2D eigenvalue weighted by Crippen LogP contribution is -2.10. The van der Waals surface area contributed by atoms with Crippen molar-refractivity contribution in [2.75, 3.05) is 6.16 Å². The second-order valence-corrected chi connectivity index (χ2v) is 7.28. The van der Waals surface area contributed by atoms with Gasteiger partial charge in [-0.25, -0.2) is 0 Å². The molecule has 1 aliphatic heterocycles. The summed E-state index contributed by atoms with van der Waals surface area (Å²) in [6.07, 6.45) is 3.18. The highest BCUT2D eigenvalue weighted by molar-refractivity contribution is 7.72. The summed E-state index contributed by atoms with van der Waals surface area (Å²) in [5, 5.41) is 1.08. The molecule has 0 aromatic heterocycles. The molecule has 2 atom stereocenters. The maximum absolute atomic E-state index is 12.5. The van der Waals surface area contributed by atoms with E-state index in [1.807, 2.05) is 30.3 Å². The second kappa shape index (κ2) is 3.31. The van der Waals surface area contributed by atoms with Crippen molar-refractivity contribution in [1.82, 2.24) is 0 Å². The zero-order valence-corrected chi connectivity index (χ0v) is 8.84.